The Hall–Kier alpha value is -1.36. The topological polar surface area (TPSA) is 63.4 Å². The van der Waals surface area contributed by atoms with Crippen LogP contribution in [0.15, 0.2) is 18.2 Å². The van der Waals surface area contributed by atoms with E-state index in [9.17, 15) is 15.2 Å². The van der Waals surface area contributed by atoms with Gasteiger partial charge in [-0.25, -0.2) is 0 Å². The fourth-order valence-corrected chi connectivity index (χ4v) is 1.32. The average molecular weight is 193 g/mol. The standard InChI is InChI=1S/C9H12BNO3/c1-6(12)8-4-7(5-10)2-3-9(8)11(13)14/h2-4,6,12H,5,10H2,1H3. The predicted octanol–water partition coefficient (Wildman–Crippen LogP) is 0.781. The van der Waals surface area contributed by atoms with Crippen molar-refractivity contribution in [2.45, 2.75) is 19.3 Å². The first kappa shape index (κ1) is 10.7. The molecule has 0 aliphatic rings. The van der Waals surface area contributed by atoms with Crippen molar-refractivity contribution >= 4 is 13.5 Å². The Balaban J connectivity index is 3.24. The van der Waals surface area contributed by atoms with E-state index in [1.165, 1.54) is 13.0 Å². The van der Waals surface area contributed by atoms with Crippen LogP contribution in [0.1, 0.15) is 24.2 Å². The highest BCUT2D eigenvalue weighted by Crippen LogP contribution is 2.25. The van der Waals surface area contributed by atoms with Crippen molar-refractivity contribution in [2.24, 2.45) is 0 Å². The van der Waals surface area contributed by atoms with Crippen LogP contribution in [0, 0.1) is 10.1 Å². The number of nitro groups is 1. The Morgan fingerprint density at radius 1 is 1.64 bits per heavy atom. The Kier molecular flexibility index (Phi) is 3.25. The Bertz CT molecular complexity index is 352. The minimum absolute atomic E-state index is 0.0165. The maximum atomic E-state index is 10.6. The minimum atomic E-state index is -0.804. The van der Waals surface area contributed by atoms with Crippen molar-refractivity contribution in [3.05, 3.63) is 39.4 Å². The first-order valence-corrected chi connectivity index (χ1v) is 4.51. The Morgan fingerprint density at radius 2 is 2.29 bits per heavy atom. The van der Waals surface area contributed by atoms with Crippen LogP contribution in [0.4, 0.5) is 5.69 Å². The van der Waals surface area contributed by atoms with Gasteiger partial charge in [0, 0.05) is 6.07 Å². The van der Waals surface area contributed by atoms with Crippen LogP contribution in [0.25, 0.3) is 0 Å². The lowest BCUT2D eigenvalue weighted by Gasteiger charge is -2.07. The fourth-order valence-electron chi connectivity index (χ4n) is 1.32. The number of aliphatic hydroxyl groups is 1. The molecule has 1 aromatic rings. The highest BCUT2D eigenvalue weighted by molar-refractivity contribution is 6.08. The fraction of sp³-hybridized carbons (Fsp3) is 0.333. The summed E-state index contributed by atoms with van der Waals surface area (Å²) >= 11 is 0. The third-order valence-electron chi connectivity index (χ3n) is 2.15. The average Bonchev–Trinajstić information content (AvgIpc) is 2.16. The molecule has 5 heteroatoms. The summed E-state index contributed by atoms with van der Waals surface area (Å²) in [5.41, 5.74) is 1.36. The number of benzene rings is 1. The zero-order chi connectivity index (χ0) is 10.7. The third-order valence-corrected chi connectivity index (χ3v) is 2.15. The van der Waals surface area contributed by atoms with Crippen LogP contribution >= 0.6 is 0 Å². The minimum Gasteiger partial charge on any atom is -0.388 e. The molecule has 1 aromatic carbocycles. The Labute approximate surface area is 83.1 Å². The third kappa shape index (κ3) is 2.11. The van der Waals surface area contributed by atoms with E-state index in [-0.39, 0.29) is 5.69 Å². The van der Waals surface area contributed by atoms with E-state index in [1.54, 1.807) is 12.1 Å². The lowest BCUT2D eigenvalue weighted by molar-refractivity contribution is -0.386. The van der Waals surface area contributed by atoms with Gasteiger partial charge in [0.25, 0.3) is 5.69 Å². The monoisotopic (exact) mass is 193 g/mol. The molecule has 1 unspecified atom stereocenters. The van der Waals surface area contributed by atoms with Gasteiger partial charge >= 0.3 is 0 Å². The van der Waals surface area contributed by atoms with Crippen LogP contribution in [0.5, 0.6) is 0 Å². The van der Waals surface area contributed by atoms with Gasteiger partial charge in [-0.05, 0) is 13.0 Å². The van der Waals surface area contributed by atoms with Gasteiger partial charge in [0.05, 0.1) is 16.6 Å². The van der Waals surface area contributed by atoms with Gasteiger partial charge < -0.3 is 5.11 Å². The van der Waals surface area contributed by atoms with Crippen molar-refractivity contribution in [1.82, 2.24) is 0 Å². The normalized spacial score (nSPS) is 12.4. The molecule has 0 saturated heterocycles. The van der Waals surface area contributed by atoms with Crippen LogP contribution < -0.4 is 0 Å². The smallest absolute Gasteiger partial charge is 0.275 e. The molecule has 0 heterocycles. The summed E-state index contributed by atoms with van der Waals surface area (Å²) in [6.07, 6.45) is -0.000508. The van der Waals surface area contributed by atoms with Crippen LogP contribution in [0.2, 0.25) is 0 Å². The maximum absolute atomic E-state index is 10.6. The van der Waals surface area contributed by atoms with Gasteiger partial charge in [0.15, 0.2) is 0 Å². The highest BCUT2D eigenvalue weighted by Gasteiger charge is 2.17. The summed E-state index contributed by atoms with van der Waals surface area (Å²) in [4.78, 5) is 10.1. The molecule has 0 spiro atoms. The van der Waals surface area contributed by atoms with E-state index in [4.69, 9.17) is 0 Å². The molecule has 0 bridgehead atoms. The summed E-state index contributed by atoms with van der Waals surface area (Å²) in [6.45, 7) is 1.53. The second-order valence-corrected chi connectivity index (χ2v) is 3.18. The van der Waals surface area contributed by atoms with Gasteiger partial charge in [-0.3, -0.25) is 10.1 Å². The molecule has 74 valence electrons. The number of aliphatic hydroxyl groups excluding tert-OH is 1. The van der Waals surface area contributed by atoms with Gasteiger partial charge in [0.2, 0.25) is 0 Å². The molecule has 0 aliphatic carbocycles. The number of hydrogen-bond donors (Lipinski definition) is 1. The Morgan fingerprint density at radius 3 is 2.71 bits per heavy atom. The van der Waals surface area contributed by atoms with Gasteiger partial charge in [-0.2, -0.15) is 0 Å². The SMILES string of the molecule is BCc1ccc([N+](=O)[O-])c(C(C)O)c1. The molecule has 0 aromatic heterocycles. The van der Waals surface area contributed by atoms with Crippen LogP contribution in [-0.2, 0) is 6.32 Å². The van der Waals surface area contributed by atoms with E-state index in [2.05, 4.69) is 0 Å². The zero-order valence-corrected chi connectivity index (χ0v) is 8.23. The molecular formula is C9H12BNO3. The lowest BCUT2D eigenvalue weighted by atomic mass is 9.94. The molecule has 1 rings (SSSR count). The van der Waals surface area contributed by atoms with Crippen LogP contribution in [0.3, 0.4) is 0 Å². The highest BCUT2D eigenvalue weighted by atomic mass is 16.6. The first-order valence-electron chi connectivity index (χ1n) is 4.51. The van der Waals surface area contributed by atoms with Crippen molar-refractivity contribution < 1.29 is 10.0 Å². The molecule has 0 radical (unpaired) electrons. The van der Waals surface area contributed by atoms with E-state index in [1.807, 2.05) is 7.85 Å². The molecule has 0 aliphatic heterocycles. The second-order valence-electron chi connectivity index (χ2n) is 3.18. The van der Waals surface area contributed by atoms with E-state index >= 15 is 0 Å². The molecule has 1 atom stereocenters. The van der Waals surface area contributed by atoms with Gasteiger partial charge in [-0.15, -0.1) is 0 Å². The second kappa shape index (κ2) is 4.24. The molecule has 0 fully saturated rings. The van der Waals surface area contributed by atoms with Crippen molar-refractivity contribution in [1.29, 1.82) is 0 Å². The van der Waals surface area contributed by atoms with Crippen molar-refractivity contribution in [2.75, 3.05) is 0 Å². The predicted molar refractivity (Wildman–Crippen MR) is 56.0 cm³/mol. The summed E-state index contributed by atoms with van der Waals surface area (Å²) in [5, 5.41) is 20.0. The van der Waals surface area contributed by atoms with E-state index < -0.39 is 11.0 Å². The lowest BCUT2D eigenvalue weighted by Crippen LogP contribution is -2.00. The summed E-state index contributed by atoms with van der Waals surface area (Å²) < 4.78 is 0. The summed E-state index contributed by atoms with van der Waals surface area (Å²) in [6, 6.07) is 4.84. The molecule has 0 saturated carbocycles. The van der Waals surface area contributed by atoms with Gasteiger partial charge in [0.1, 0.15) is 7.85 Å². The quantitative estimate of drug-likeness (QED) is 0.438. The number of nitrogens with zero attached hydrogens (tertiary/aromatic N) is 1. The van der Waals surface area contributed by atoms with E-state index in [0.717, 1.165) is 11.9 Å². The molecule has 14 heavy (non-hydrogen) atoms. The first-order chi connectivity index (χ1) is 6.56. The summed E-state index contributed by atoms with van der Waals surface area (Å²) in [5.74, 6) is 0. The summed E-state index contributed by atoms with van der Waals surface area (Å²) in [7, 11) is 1.97. The van der Waals surface area contributed by atoms with Crippen molar-refractivity contribution in [3.8, 4) is 0 Å². The number of rotatable bonds is 3. The number of hydrogen-bond acceptors (Lipinski definition) is 3. The molecule has 1 N–H and O–H groups in total. The molecule has 0 amide bonds. The zero-order valence-electron chi connectivity index (χ0n) is 8.23. The molecular weight excluding hydrogens is 181 g/mol. The number of nitro benzene ring substituents is 1. The van der Waals surface area contributed by atoms with Crippen LogP contribution in [-0.4, -0.2) is 17.9 Å². The van der Waals surface area contributed by atoms with Crippen molar-refractivity contribution in [3.63, 3.8) is 0 Å². The molecule has 4 nitrogen and oxygen atoms in total. The van der Waals surface area contributed by atoms with Gasteiger partial charge in [-0.1, -0.05) is 17.9 Å². The maximum Gasteiger partial charge on any atom is 0.275 e. The largest absolute Gasteiger partial charge is 0.388 e. The van der Waals surface area contributed by atoms with E-state index in [0.29, 0.717) is 5.56 Å².